The van der Waals surface area contributed by atoms with Crippen LogP contribution in [0.5, 0.6) is 11.5 Å². The lowest BCUT2D eigenvalue weighted by molar-refractivity contribution is 0.198. The van der Waals surface area contributed by atoms with Crippen molar-refractivity contribution in [1.82, 2.24) is 9.55 Å². The summed E-state index contributed by atoms with van der Waals surface area (Å²) >= 11 is 0. The van der Waals surface area contributed by atoms with Gasteiger partial charge in [-0.3, -0.25) is 0 Å². The molecule has 5 nitrogen and oxygen atoms in total. The van der Waals surface area contributed by atoms with Crippen LogP contribution in [0.1, 0.15) is 24.3 Å². The van der Waals surface area contributed by atoms with E-state index in [0.29, 0.717) is 18.1 Å². The summed E-state index contributed by atoms with van der Waals surface area (Å²) in [4.78, 5) is 4.03. The van der Waals surface area contributed by atoms with Crippen LogP contribution in [0.4, 0.5) is 0 Å². The van der Waals surface area contributed by atoms with Gasteiger partial charge in [-0.1, -0.05) is 6.07 Å². The monoisotopic (exact) mass is 262 g/mol. The predicted octanol–water partition coefficient (Wildman–Crippen LogP) is 2.06. The quantitative estimate of drug-likeness (QED) is 0.896. The number of aromatic nitrogens is 2. The molecule has 0 spiro atoms. The molecule has 0 unspecified atom stereocenters. The van der Waals surface area contributed by atoms with E-state index in [0.717, 1.165) is 11.3 Å². The van der Waals surface area contributed by atoms with Gasteiger partial charge in [0.15, 0.2) is 11.5 Å². The molecule has 0 aliphatic carbocycles. The highest BCUT2D eigenvalue weighted by atomic mass is 16.5. The van der Waals surface area contributed by atoms with Gasteiger partial charge in [0.1, 0.15) is 6.61 Å². The normalized spacial score (nSPS) is 12.2. The Balaban J connectivity index is 2.14. The highest BCUT2D eigenvalue weighted by Gasteiger charge is 2.09. The first-order valence-corrected chi connectivity index (χ1v) is 6.06. The molecule has 5 heteroatoms. The standard InChI is InChI=1S/C14H18N2O3/c1-10(17)11-4-5-13(14(6-11)18-3)19-8-12-7-15-9-16(12)2/h4-7,9-10,17H,8H2,1-3H3/t10-/m0/s1. The van der Waals surface area contributed by atoms with Gasteiger partial charge in [0.25, 0.3) is 0 Å². The molecule has 102 valence electrons. The largest absolute Gasteiger partial charge is 0.493 e. The van der Waals surface area contributed by atoms with E-state index in [2.05, 4.69) is 4.98 Å². The van der Waals surface area contributed by atoms with Crippen LogP contribution < -0.4 is 9.47 Å². The maximum atomic E-state index is 9.54. The molecule has 1 N–H and O–H groups in total. The molecule has 2 aromatic rings. The van der Waals surface area contributed by atoms with Gasteiger partial charge in [0, 0.05) is 7.05 Å². The number of benzene rings is 1. The van der Waals surface area contributed by atoms with Gasteiger partial charge in [-0.15, -0.1) is 0 Å². The summed E-state index contributed by atoms with van der Waals surface area (Å²) in [5, 5.41) is 9.54. The van der Waals surface area contributed by atoms with E-state index in [-0.39, 0.29) is 0 Å². The van der Waals surface area contributed by atoms with Gasteiger partial charge in [-0.05, 0) is 24.6 Å². The van der Waals surface area contributed by atoms with Crippen molar-refractivity contribution in [2.45, 2.75) is 19.6 Å². The SMILES string of the molecule is COc1cc([C@H](C)O)ccc1OCc1cncn1C. The number of aryl methyl sites for hydroxylation is 1. The lowest BCUT2D eigenvalue weighted by Crippen LogP contribution is -2.03. The summed E-state index contributed by atoms with van der Waals surface area (Å²) in [6.07, 6.45) is 2.96. The summed E-state index contributed by atoms with van der Waals surface area (Å²) in [6.45, 7) is 2.13. The zero-order valence-electron chi connectivity index (χ0n) is 11.3. The summed E-state index contributed by atoms with van der Waals surface area (Å²) in [5.74, 6) is 1.26. The first-order chi connectivity index (χ1) is 9.11. The molecular weight excluding hydrogens is 244 g/mol. The molecule has 0 saturated carbocycles. The third-order valence-electron chi connectivity index (χ3n) is 2.96. The van der Waals surface area contributed by atoms with Crippen molar-refractivity contribution in [3.63, 3.8) is 0 Å². The third-order valence-corrected chi connectivity index (χ3v) is 2.96. The minimum atomic E-state index is -0.528. The lowest BCUT2D eigenvalue weighted by atomic mass is 10.1. The van der Waals surface area contributed by atoms with Gasteiger partial charge in [-0.25, -0.2) is 4.98 Å². The number of hydrogen-bond acceptors (Lipinski definition) is 4. The molecule has 1 atom stereocenters. The highest BCUT2D eigenvalue weighted by molar-refractivity contribution is 5.43. The van der Waals surface area contributed by atoms with Gasteiger partial charge < -0.3 is 19.1 Å². The van der Waals surface area contributed by atoms with Crippen LogP contribution in [0.15, 0.2) is 30.7 Å². The van der Waals surface area contributed by atoms with Crippen molar-refractivity contribution in [3.8, 4) is 11.5 Å². The van der Waals surface area contributed by atoms with Crippen LogP contribution >= 0.6 is 0 Å². The molecule has 1 heterocycles. The third kappa shape index (κ3) is 3.06. The number of rotatable bonds is 5. The average molecular weight is 262 g/mol. The average Bonchev–Trinajstić information content (AvgIpc) is 2.81. The zero-order valence-corrected chi connectivity index (χ0v) is 11.3. The number of nitrogens with zero attached hydrogens (tertiary/aromatic N) is 2. The van der Waals surface area contributed by atoms with Crippen LogP contribution in [0.25, 0.3) is 0 Å². The second kappa shape index (κ2) is 5.75. The van der Waals surface area contributed by atoms with Gasteiger partial charge in [0.05, 0.1) is 31.4 Å². The van der Waals surface area contributed by atoms with E-state index in [1.54, 1.807) is 38.7 Å². The number of hydrogen-bond donors (Lipinski definition) is 1. The minimum Gasteiger partial charge on any atom is -0.493 e. The van der Waals surface area contributed by atoms with Gasteiger partial charge in [0.2, 0.25) is 0 Å². The lowest BCUT2D eigenvalue weighted by Gasteiger charge is -2.13. The smallest absolute Gasteiger partial charge is 0.161 e. The van der Waals surface area contributed by atoms with Crippen molar-refractivity contribution in [1.29, 1.82) is 0 Å². The summed E-state index contributed by atoms with van der Waals surface area (Å²) in [7, 11) is 3.50. The number of aliphatic hydroxyl groups excluding tert-OH is 1. The summed E-state index contributed by atoms with van der Waals surface area (Å²) < 4.78 is 12.9. The molecule has 0 aliphatic heterocycles. The maximum Gasteiger partial charge on any atom is 0.161 e. The Bertz CT molecular complexity index is 549. The van der Waals surface area contributed by atoms with Gasteiger partial charge >= 0.3 is 0 Å². The van der Waals surface area contributed by atoms with Crippen molar-refractivity contribution in [2.75, 3.05) is 7.11 Å². The van der Waals surface area contributed by atoms with Crippen molar-refractivity contribution < 1.29 is 14.6 Å². The predicted molar refractivity (Wildman–Crippen MR) is 71.2 cm³/mol. The first kappa shape index (κ1) is 13.4. The van der Waals surface area contributed by atoms with Crippen molar-refractivity contribution >= 4 is 0 Å². The second-order valence-corrected chi connectivity index (χ2v) is 4.37. The van der Waals surface area contributed by atoms with Gasteiger partial charge in [-0.2, -0.15) is 0 Å². The Labute approximate surface area is 112 Å². The van der Waals surface area contributed by atoms with Crippen LogP contribution in [-0.4, -0.2) is 21.8 Å². The molecule has 1 aromatic heterocycles. The fourth-order valence-corrected chi connectivity index (χ4v) is 1.74. The highest BCUT2D eigenvalue weighted by Crippen LogP contribution is 2.30. The molecule has 0 radical (unpaired) electrons. The second-order valence-electron chi connectivity index (χ2n) is 4.37. The Morgan fingerprint density at radius 1 is 1.37 bits per heavy atom. The molecular formula is C14H18N2O3. The zero-order chi connectivity index (χ0) is 13.8. The molecule has 0 amide bonds. The summed E-state index contributed by atoms with van der Waals surface area (Å²) in [5.41, 5.74) is 1.77. The van der Waals surface area contributed by atoms with Crippen molar-refractivity contribution in [2.24, 2.45) is 7.05 Å². The molecule has 19 heavy (non-hydrogen) atoms. The molecule has 0 saturated heterocycles. The number of ether oxygens (including phenoxy) is 2. The molecule has 1 aromatic carbocycles. The Morgan fingerprint density at radius 2 is 2.16 bits per heavy atom. The van der Waals surface area contributed by atoms with E-state index in [1.807, 2.05) is 17.7 Å². The fourth-order valence-electron chi connectivity index (χ4n) is 1.74. The van der Waals surface area contributed by atoms with E-state index < -0.39 is 6.10 Å². The number of imidazole rings is 1. The van der Waals surface area contributed by atoms with Crippen molar-refractivity contribution in [3.05, 3.63) is 42.0 Å². The molecule has 0 aliphatic rings. The summed E-state index contributed by atoms with van der Waals surface area (Å²) in [6, 6.07) is 5.41. The van der Waals surface area contributed by atoms with E-state index in [1.165, 1.54) is 0 Å². The topological polar surface area (TPSA) is 56.5 Å². The Morgan fingerprint density at radius 3 is 2.74 bits per heavy atom. The molecule has 0 fully saturated rings. The fraction of sp³-hybridized carbons (Fsp3) is 0.357. The van der Waals surface area contributed by atoms with E-state index >= 15 is 0 Å². The van der Waals surface area contributed by atoms with Crippen LogP contribution in [0.3, 0.4) is 0 Å². The molecule has 0 bridgehead atoms. The number of methoxy groups -OCH3 is 1. The minimum absolute atomic E-state index is 0.418. The first-order valence-electron chi connectivity index (χ1n) is 6.06. The maximum absolute atomic E-state index is 9.54. The van der Waals surface area contributed by atoms with E-state index in [4.69, 9.17) is 9.47 Å². The van der Waals surface area contributed by atoms with Crippen LogP contribution in [-0.2, 0) is 13.7 Å². The Hall–Kier alpha value is -2.01. The Kier molecular flexibility index (Phi) is 4.06. The number of aliphatic hydroxyl groups is 1. The molecule has 2 rings (SSSR count). The van der Waals surface area contributed by atoms with Crippen LogP contribution in [0, 0.1) is 0 Å². The van der Waals surface area contributed by atoms with Crippen LogP contribution in [0.2, 0.25) is 0 Å². The van der Waals surface area contributed by atoms with E-state index in [9.17, 15) is 5.11 Å².